The third kappa shape index (κ3) is 5.01. The lowest BCUT2D eigenvalue weighted by molar-refractivity contribution is 0.115. The van der Waals surface area contributed by atoms with Crippen LogP contribution in [0.15, 0.2) is 24.3 Å². The van der Waals surface area contributed by atoms with Gasteiger partial charge in [0.15, 0.2) is 0 Å². The number of hydrogen-bond donors (Lipinski definition) is 1. The molecule has 1 N–H and O–H groups in total. The van der Waals surface area contributed by atoms with Gasteiger partial charge in [-0.1, -0.05) is 18.2 Å². The highest BCUT2D eigenvalue weighted by molar-refractivity contribution is 5.53. The third-order valence-electron chi connectivity index (χ3n) is 3.97. The number of likely N-dealkylation sites (N-methyl/N-ethyl adjacent to an activating group) is 1. The number of rotatable bonds is 6. The van der Waals surface area contributed by atoms with Crippen molar-refractivity contribution in [2.45, 2.75) is 58.7 Å². The Bertz CT molecular complexity index is 433. The van der Waals surface area contributed by atoms with Crippen molar-refractivity contribution in [2.75, 3.05) is 24.6 Å². The summed E-state index contributed by atoms with van der Waals surface area (Å²) in [6.45, 7) is 12.7. The minimum atomic E-state index is 0.138. The summed E-state index contributed by atoms with van der Waals surface area (Å²) in [7, 11) is 0. The van der Waals surface area contributed by atoms with Gasteiger partial charge in [-0.15, -0.1) is 0 Å². The number of anilines is 1. The van der Waals surface area contributed by atoms with E-state index in [1.54, 1.807) is 0 Å². The van der Waals surface area contributed by atoms with Crippen LogP contribution in [0.2, 0.25) is 0 Å². The van der Waals surface area contributed by atoms with E-state index in [2.05, 4.69) is 62.2 Å². The summed E-state index contributed by atoms with van der Waals surface area (Å²) in [5.41, 5.74) is 2.85. The van der Waals surface area contributed by atoms with E-state index in [1.165, 1.54) is 24.1 Å². The maximum absolute atomic E-state index is 5.80. The van der Waals surface area contributed by atoms with E-state index in [4.69, 9.17) is 4.74 Å². The van der Waals surface area contributed by atoms with Crippen molar-refractivity contribution in [3.63, 3.8) is 0 Å². The predicted octanol–water partition coefficient (Wildman–Crippen LogP) is 3.58. The summed E-state index contributed by atoms with van der Waals surface area (Å²) in [6, 6.07) is 8.72. The van der Waals surface area contributed by atoms with E-state index in [9.17, 15) is 0 Å². The van der Waals surface area contributed by atoms with Crippen LogP contribution >= 0.6 is 0 Å². The van der Waals surface area contributed by atoms with Gasteiger partial charge in [0, 0.05) is 37.5 Å². The normalized spacial score (nSPS) is 19.0. The van der Waals surface area contributed by atoms with E-state index >= 15 is 0 Å². The molecule has 1 fully saturated rings. The summed E-state index contributed by atoms with van der Waals surface area (Å²) < 4.78 is 5.80. The quantitative estimate of drug-likeness (QED) is 0.866. The van der Waals surface area contributed by atoms with Gasteiger partial charge in [0.1, 0.15) is 0 Å². The maximum atomic E-state index is 5.80. The summed E-state index contributed by atoms with van der Waals surface area (Å²) in [4.78, 5) is 2.45. The Hall–Kier alpha value is -1.06. The van der Waals surface area contributed by atoms with Crippen molar-refractivity contribution in [2.24, 2.45) is 0 Å². The largest absolute Gasteiger partial charge is 0.376 e. The van der Waals surface area contributed by atoms with E-state index < -0.39 is 0 Å². The molecule has 2 rings (SSSR count). The Kier molecular flexibility index (Phi) is 5.65. The molecule has 21 heavy (non-hydrogen) atoms. The average Bonchev–Trinajstić information content (AvgIpc) is 2.95. The van der Waals surface area contributed by atoms with E-state index in [-0.39, 0.29) is 5.54 Å². The first-order valence-corrected chi connectivity index (χ1v) is 8.19. The fourth-order valence-electron chi connectivity index (χ4n) is 2.76. The van der Waals surface area contributed by atoms with Crippen LogP contribution in [0.25, 0.3) is 0 Å². The maximum Gasteiger partial charge on any atom is 0.0750 e. The zero-order valence-electron chi connectivity index (χ0n) is 14.0. The van der Waals surface area contributed by atoms with Crippen LogP contribution in [0.3, 0.4) is 0 Å². The van der Waals surface area contributed by atoms with Crippen molar-refractivity contribution in [3.05, 3.63) is 29.8 Å². The van der Waals surface area contributed by atoms with Crippen LogP contribution in [0.1, 0.15) is 46.1 Å². The highest BCUT2D eigenvalue weighted by atomic mass is 16.5. The number of nitrogens with one attached hydrogen (secondary N) is 1. The molecular formula is C18H30N2O. The van der Waals surface area contributed by atoms with Crippen molar-refractivity contribution in [1.82, 2.24) is 5.32 Å². The van der Waals surface area contributed by atoms with Gasteiger partial charge in [0.25, 0.3) is 0 Å². The zero-order chi connectivity index (χ0) is 15.3. The molecule has 1 aliphatic rings. The number of nitrogens with zero attached hydrogens (tertiary/aromatic N) is 1. The van der Waals surface area contributed by atoms with Crippen molar-refractivity contribution in [1.29, 1.82) is 0 Å². The number of para-hydroxylation sites is 1. The molecule has 0 radical (unpaired) electrons. The van der Waals surface area contributed by atoms with Gasteiger partial charge in [-0.2, -0.15) is 0 Å². The highest BCUT2D eigenvalue weighted by Gasteiger charge is 2.20. The molecule has 0 spiro atoms. The SMILES string of the molecule is CCN(CC1CCCO1)c1ccccc1CNC(C)(C)C. The molecule has 0 amide bonds. The fraction of sp³-hybridized carbons (Fsp3) is 0.667. The smallest absolute Gasteiger partial charge is 0.0750 e. The Balaban J connectivity index is 2.08. The lowest BCUT2D eigenvalue weighted by Crippen LogP contribution is -2.37. The van der Waals surface area contributed by atoms with E-state index in [0.29, 0.717) is 6.10 Å². The Morgan fingerprint density at radius 3 is 2.67 bits per heavy atom. The second kappa shape index (κ2) is 7.28. The fourth-order valence-corrected chi connectivity index (χ4v) is 2.76. The van der Waals surface area contributed by atoms with Crippen LogP contribution in [-0.4, -0.2) is 31.3 Å². The molecule has 1 saturated heterocycles. The Morgan fingerprint density at radius 2 is 2.05 bits per heavy atom. The first kappa shape index (κ1) is 16.3. The molecule has 1 unspecified atom stereocenters. The lowest BCUT2D eigenvalue weighted by atomic mass is 10.1. The molecule has 0 aliphatic carbocycles. The van der Waals surface area contributed by atoms with Crippen LogP contribution < -0.4 is 10.2 Å². The summed E-state index contributed by atoms with van der Waals surface area (Å²) in [5, 5.41) is 3.59. The molecule has 1 heterocycles. The van der Waals surface area contributed by atoms with Gasteiger partial charge in [-0.3, -0.25) is 0 Å². The number of ether oxygens (including phenoxy) is 1. The average molecular weight is 290 g/mol. The summed E-state index contributed by atoms with van der Waals surface area (Å²) >= 11 is 0. The van der Waals surface area contributed by atoms with Gasteiger partial charge < -0.3 is 15.0 Å². The molecule has 3 nitrogen and oxygen atoms in total. The molecule has 0 aromatic heterocycles. The number of benzene rings is 1. The minimum absolute atomic E-state index is 0.138. The zero-order valence-corrected chi connectivity index (χ0v) is 14.0. The van der Waals surface area contributed by atoms with Gasteiger partial charge in [-0.25, -0.2) is 0 Å². The number of hydrogen-bond acceptors (Lipinski definition) is 3. The molecule has 3 heteroatoms. The van der Waals surface area contributed by atoms with E-state index in [1.807, 2.05) is 0 Å². The first-order valence-electron chi connectivity index (χ1n) is 8.19. The molecule has 0 saturated carbocycles. The van der Waals surface area contributed by atoms with E-state index in [0.717, 1.165) is 26.2 Å². The molecule has 1 atom stereocenters. The summed E-state index contributed by atoms with van der Waals surface area (Å²) in [5.74, 6) is 0. The van der Waals surface area contributed by atoms with Crippen LogP contribution in [0, 0.1) is 0 Å². The highest BCUT2D eigenvalue weighted by Crippen LogP contribution is 2.23. The van der Waals surface area contributed by atoms with Crippen molar-refractivity contribution >= 4 is 5.69 Å². The molecule has 0 bridgehead atoms. The second-order valence-electron chi connectivity index (χ2n) is 6.91. The molecular weight excluding hydrogens is 260 g/mol. The van der Waals surface area contributed by atoms with Crippen molar-refractivity contribution < 1.29 is 4.74 Å². The van der Waals surface area contributed by atoms with Gasteiger partial charge >= 0.3 is 0 Å². The Morgan fingerprint density at radius 1 is 1.29 bits per heavy atom. The third-order valence-corrected chi connectivity index (χ3v) is 3.97. The molecule has 1 aromatic rings. The molecule has 118 valence electrons. The summed E-state index contributed by atoms with van der Waals surface area (Å²) in [6.07, 6.45) is 2.79. The topological polar surface area (TPSA) is 24.5 Å². The van der Waals surface area contributed by atoms with Crippen LogP contribution in [0.5, 0.6) is 0 Å². The van der Waals surface area contributed by atoms with Crippen LogP contribution in [0.4, 0.5) is 5.69 Å². The van der Waals surface area contributed by atoms with Gasteiger partial charge in [0.2, 0.25) is 0 Å². The molecule has 1 aromatic carbocycles. The molecule has 1 aliphatic heterocycles. The standard InChI is InChI=1S/C18H30N2O/c1-5-20(14-16-10-8-12-21-16)17-11-7-6-9-15(17)13-19-18(2,3)4/h6-7,9,11,16,19H,5,8,10,12-14H2,1-4H3. The monoisotopic (exact) mass is 290 g/mol. The second-order valence-corrected chi connectivity index (χ2v) is 6.91. The predicted molar refractivity (Wildman–Crippen MR) is 89.9 cm³/mol. The van der Waals surface area contributed by atoms with Crippen LogP contribution in [-0.2, 0) is 11.3 Å². The Labute approximate surface area is 129 Å². The van der Waals surface area contributed by atoms with Gasteiger partial charge in [-0.05, 0) is 52.2 Å². The van der Waals surface area contributed by atoms with Crippen molar-refractivity contribution in [3.8, 4) is 0 Å². The first-order chi connectivity index (χ1) is 9.99. The minimum Gasteiger partial charge on any atom is -0.376 e. The lowest BCUT2D eigenvalue weighted by Gasteiger charge is -2.29. The van der Waals surface area contributed by atoms with Gasteiger partial charge in [0.05, 0.1) is 6.10 Å².